The minimum Gasteiger partial charge on any atom is -0.369 e. The first-order valence-electron chi connectivity index (χ1n) is 12.1. The van der Waals surface area contributed by atoms with Crippen molar-refractivity contribution in [2.24, 2.45) is 0 Å². The maximum Gasteiger partial charge on any atom is 0.251 e. The number of aromatic nitrogens is 4. The van der Waals surface area contributed by atoms with E-state index in [1.54, 1.807) is 54.6 Å². The molecule has 11 heteroatoms. The number of carbonyl (C=O) groups is 2. The first kappa shape index (κ1) is 25.6. The summed E-state index contributed by atoms with van der Waals surface area (Å²) in [6, 6.07) is 21.1. The van der Waals surface area contributed by atoms with Crippen molar-refractivity contribution in [1.29, 1.82) is 5.26 Å². The highest BCUT2D eigenvalue weighted by Gasteiger charge is 2.25. The van der Waals surface area contributed by atoms with Crippen molar-refractivity contribution in [1.82, 2.24) is 25.4 Å². The van der Waals surface area contributed by atoms with Crippen molar-refractivity contribution < 1.29 is 14.2 Å². The molecule has 194 valence electrons. The van der Waals surface area contributed by atoms with Crippen molar-refractivity contribution in [3.05, 3.63) is 99.7 Å². The van der Waals surface area contributed by atoms with Gasteiger partial charge in [-0.3, -0.25) is 9.59 Å². The summed E-state index contributed by atoms with van der Waals surface area (Å²) in [5, 5.41) is 28.7. The summed E-state index contributed by atoms with van der Waals surface area (Å²) in [6.07, 6.45) is 0.539. The number of nitriles is 1. The molecule has 2 aromatic heterocycles. The average Bonchev–Trinajstić information content (AvgIpc) is 3.57. The van der Waals surface area contributed by atoms with E-state index in [9.17, 15) is 14.9 Å². The third-order valence-corrected chi connectivity index (χ3v) is 6.30. The van der Waals surface area contributed by atoms with Gasteiger partial charge >= 0.3 is 0 Å². The molecule has 0 aliphatic heterocycles. The number of halogens is 1. The predicted molar refractivity (Wildman–Crippen MR) is 145 cm³/mol. The number of aryl methyl sites for hydroxylation is 1. The number of rotatable bonds is 9. The molecule has 0 aliphatic carbocycles. The number of hydrogen-bond donors (Lipinski definition) is 2. The fourth-order valence-corrected chi connectivity index (χ4v) is 4.11. The lowest BCUT2D eigenvalue weighted by atomic mass is 10.0. The highest BCUT2D eigenvalue weighted by atomic mass is 35.5. The van der Waals surface area contributed by atoms with Crippen LogP contribution in [0.5, 0.6) is 0 Å². The number of hydrogen-bond acceptors (Lipinski definition) is 8. The number of nitrogens with one attached hydrogen (secondary N) is 2. The van der Waals surface area contributed by atoms with E-state index in [2.05, 4.69) is 36.7 Å². The maximum absolute atomic E-state index is 13.3. The molecule has 0 fully saturated rings. The van der Waals surface area contributed by atoms with E-state index in [4.69, 9.17) is 11.6 Å². The predicted octanol–water partition coefficient (Wildman–Crippen LogP) is 4.71. The molecule has 0 aliphatic rings. The molecule has 10 nitrogen and oxygen atoms in total. The van der Waals surface area contributed by atoms with Crippen molar-refractivity contribution in [2.75, 3.05) is 18.4 Å². The number of benzene rings is 3. The Bertz CT molecular complexity index is 1700. The molecule has 1 amide bonds. The number of anilines is 1. The molecule has 0 atom stereocenters. The van der Waals surface area contributed by atoms with Crippen LogP contribution in [0.3, 0.4) is 0 Å². The molecular weight excluding hydrogens is 518 g/mol. The number of carbonyl (C=O) groups excluding carboxylic acids is 2. The van der Waals surface area contributed by atoms with E-state index in [1.165, 1.54) is 4.68 Å². The number of fused-ring (bicyclic) bond motifs is 1. The Morgan fingerprint density at radius 3 is 2.44 bits per heavy atom. The Morgan fingerprint density at radius 2 is 1.69 bits per heavy atom. The van der Waals surface area contributed by atoms with Crippen LogP contribution in [0.15, 0.2) is 71.4 Å². The second-order valence-corrected chi connectivity index (χ2v) is 9.21. The van der Waals surface area contributed by atoms with Crippen LogP contribution in [-0.2, 0) is 0 Å². The molecule has 0 bridgehead atoms. The molecule has 5 rings (SSSR count). The van der Waals surface area contributed by atoms with Crippen LogP contribution in [0.25, 0.3) is 16.7 Å². The molecule has 0 saturated carbocycles. The lowest BCUT2D eigenvalue weighted by molar-refractivity contribution is 0.0953. The normalized spacial score (nSPS) is 10.8. The van der Waals surface area contributed by atoms with Gasteiger partial charge in [-0.1, -0.05) is 41.4 Å². The van der Waals surface area contributed by atoms with Crippen molar-refractivity contribution in [2.45, 2.75) is 13.3 Å². The van der Waals surface area contributed by atoms with Gasteiger partial charge in [-0.25, -0.2) is 9.31 Å². The average molecular weight is 540 g/mol. The lowest BCUT2D eigenvalue weighted by Gasteiger charge is -2.11. The van der Waals surface area contributed by atoms with E-state index in [-0.39, 0.29) is 22.9 Å². The van der Waals surface area contributed by atoms with E-state index >= 15 is 0 Å². The molecule has 39 heavy (non-hydrogen) atoms. The van der Waals surface area contributed by atoms with Crippen LogP contribution in [0, 0.1) is 18.3 Å². The first-order valence-corrected chi connectivity index (χ1v) is 12.5. The van der Waals surface area contributed by atoms with E-state index in [1.807, 2.05) is 19.1 Å². The summed E-state index contributed by atoms with van der Waals surface area (Å²) in [5.41, 5.74) is 3.78. The minimum atomic E-state index is -0.353. The number of nitrogens with zero attached hydrogens (tertiary/aromatic N) is 5. The Labute approximate surface area is 228 Å². The van der Waals surface area contributed by atoms with E-state index < -0.39 is 0 Å². The lowest BCUT2D eigenvalue weighted by Crippen LogP contribution is -2.26. The van der Waals surface area contributed by atoms with Gasteiger partial charge in [0.1, 0.15) is 28.5 Å². The fraction of sp³-hybridized carbons (Fsp3) is 0.143. The first-order chi connectivity index (χ1) is 18.9. The summed E-state index contributed by atoms with van der Waals surface area (Å²) >= 11 is 6.06. The van der Waals surface area contributed by atoms with Gasteiger partial charge in [0.25, 0.3) is 5.91 Å². The van der Waals surface area contributed by atoms with Gasteiger partial charge < -0.3 is 10.6 Å². The molecule has 0 unspecified atom stereocenters. The quantitative estimate of drug-likeness (QED) is 0.203. The van der Waals surface area contributed by atoms with Crippen molar-refractivity contribution in [3.8, 4) is 11.8 Å². The van der Waals surface area contributed by atoms with Crippen molar-refractivity contribution in [3.63, 3.8) is 0 Å². The van der Waals surface area contributed by atoms with Gasteiger partial charge in [0.05, 0.1) is 5.69 Å². The van der Waals surface area contributed by atoms with Crippen LogP contribution in [0.2, 0.25) is 5.02 Å². The SMILES string of the molecule is Cc1ccc(C(=O)c2nn(-c3ccc(Cl)cc3)c(NCCCNC(=O)c3ccc4nonc4c3)c2C#N)cc1. The molecule has 0 spiro atoms. The Kier molecular flexibility index (Phi) is 7.34. The summed E-state index contributed by atoms with van der Waals surface area (Å²) in [4.78, 5) is 25.8. The summed E-state index contributed by atoms with van der Waals surface area (Å²) in [6.45, 7) is 2.70. The molecule has 2 heterocycles. The van der Waals surface area contributed by atoms with Crippen LogP contribution < -0.4 is 10.6 Å². The third-order valence-electron chi connectivity index (χ3n) is 6.04. The zero-order valence-electron chi connectivity index (χ0n) is 20.8. The summed E-state index contributed by atoms with van der Waals surface area (Å²) in [5.74, 6) is -0.228. The maximum atomic E-state index is 13.3. The molecule has 5 aromatic rings. The Hall–Kier alpha value is -5.01. The fourth-order valence-electron chi connectivity index (χ4n) is 3.98. The van der Waals surface area contributed by atoms with Crippen LogP contribution >= 0.6 is 11.6 Å². The van der Waals surface area contributed by atoms with Gasteiger partial charge in [-0.2, -0.15) is 10.4 Å². The second kappa shape index (κ2) is 11.2. The summed E-state index contributed by atoms with van der Waals surface area (Å²) in [7, 11) is 0. The van der Waals surface area contributed by atoms with E-state index in [0.29, 0.717) is 58.2 Å². The largest absolute Gasteiger partial charge is 0.369 e. The molecular formula is C28H22ClN7O3. The Balaban J connectivity index is 1.32. The number of ketones is 1. The zero-order chi connectivity index (χ0) is 27.4. The highest BCUT2D eigenvalue weighted by Crippen LogP contribution is 2.26. The smallest absolute Gasteiger partial charge is 0.251 e. The standard InChI is InChI=1S/C28H22ClN7O3/c1-17-3-5-18(6-4-17)26(37)25-22(16-30)27(36(33-25)21-10-8-20(29)9-11-21)31-13-2-14-32-28(38)19-7-12-23-24(15-19)35-39-34-23/h3-12,15,31H,2,13-14H2,1H3,(H,32,38). The molecule has 0 saturated heterocycles. The van der Waals surface area contributed by atoms with Gasteiger partial charge in [-0.05, 0) is 66.1 Å². The second-order valence-electron chi connectivity index (χ2n) is 8.77. The zero-order valence-corrected chi connectivity index (χ0v) is 21.6. The highest BCUT2D eigenvalue weighted by molar-refractivity contribution is 6.30. The third kappa shape index (κ3) is 5.49. The van der Waals surface area contributed by atoms with Gasteiger partial charge in [0.2, 0.25) is 5.78 Å². The van der Waals surface area contributed by atoms with E-state index in [0.717, 1.165) is 5.56 Å². The van der Waals surface area contributed by atoms with Crippen LogP contribution in [0.1, 0.15) is 44.0 Å². The molecule has 3 aromatic carbocycles. The Morgan fingerprint density at radius 1 is 0.974 bits per heavy atom. The molecule has 0 radical (unpaired) electrons. The van der Waals surface area contributed by atoms with Crippen LogP contribution in [-0.4, -0.2) is 44.9 Å². The van der Waals surface area contributed by atoms with Gasteiger partial charge in [-0.15, -0.1) is 0 Å². The van der Waals surface area contributed by atoms with Crippen molar-refractivity contribution >= 4 is 40.1 Å². The monoisotopic (exact) mass is 539 g/mol. The minimum absolute atomic E-state index is 0.0462. The van der Waals surface area contributed by atoms with Gasteiger partial charge in [0.15, 0.2) is 5.69 Å². The molecule has 2 N–H and O–H groups in total. The van der Waals surface area contributed by atoms with Crippen LogP contribution in [0.4, 0.5) is 5.82 Å². The summed E-state index contributed by atoms with van der Waals surface area (Å²) < 4.78 is 6.19. The van der Waals surface area contributed by atoms with Gasteiger partial charge in [0, 0.05) is 29.2 Å². The topological polar surface area (TPSA) is 139 Å². The number of amides is 1.